The number of carbonyl (C=O) groups is 1. The Morgan fingerprint density at radius 1 is 1.17 bits per heavy atom. The molecule has 0 spiro atoms. The number of methoxy groups -OCH3 is 1. The third-order valence-electron chi connectivity index (χ3n) is 7.46. The first kappa shape index (κ1) is 27.4. The third kappa shape index (κ3) is 5.60. The molecule has 0 bridgehead atoms. The summed E-state index contributed by atoms with van der Waals surface area (Å²) >= 11 is 1.25. The highest BCUT2D eigenvalue weighted by atomic mass is 32.2. The van der Waals surface area contributed by atoms with Gasteiger partial charge in [-0.05, 0) is 41.9 Å². The van der Waals surface area contributed by atoms with Gasteiger partial charge in [-0.15, -0.1) is 11.8 Å². The van der Waals surface area contributed by atoms with Crippen LogP contribution in [0.2, 0.25) is 0 Å². The number of fused-ring (bicyclic) bond motifs is 1. The van der Waals surface area contributed by atoms with Crippen molar-refractivity contribution in [3.63, 3.8) is 0 Å². The maximum atomic E-state index is 13.5. The lowest BCUT2D eigenvalue weighted by molar-refractivity contribution is -0.208. The first-order chi connectivity index (χ1) is 17.2. The molecule has 3 aliphatic rings. The Balaban J connectivity index is 1.43. The predicted molar refractivity (Wildman–Crippen MR) is 138 cm³/mol. The van der Waals surface area contributed by atoms with Crippen molar-refractivity contribution >= 4 is 23.2 Å². The lowest BCUT2D eigenvalue weighted by Crippen LogP contribution is -2.65. The molecule has 9 nitrogen and oxygen atoms in total. The second kappa shape index (κ2) is 11.8. The van der Waals surface area contributed by atoms with E-state index in [1.807, 2.05) is 38.1 Å². The van der Waals surface area contributed by atoms with Crippen LogP contribution >= 0.6 is 11.8 Å². The number of hydrogen-bond acceptors (Lipinski definition) is 9. The van der Waals surface area contributed by atoms with Crippen molar-refractivity contribution in [3.05, 3.63) is 35.9 Å². The van der Waals surface area contributed by atoms with Crippen LogP contribution in [0.15, 0.2) is 30.3 Å². The number of aliphatic hydroxyl groups is 3. The molecule has 2 fully saturated rings. The van der Waals surface area contributed by atoms with Crippen molar-refractivity contribution in [3.8, 4) is 5.75 Å². The molecule has 200 valence electrons. The fourth-order valence-corrected chi connectivity index (χ4v) is 6.04. The highest BCUT2D eigenvalue weighted by Crippen LogP contribution is 2.34. The Morgan fingerprint density at radius 2 is 1.89 bits per heavy atom. The van der Waals surface area contributed by atoms with Crippen LogP contribution in [0.3, 0.4) is 0 Å². The molecule has 0 aromatic heterocycles. The Labute approximate surface area is 216 Å². The van der Waals surface area contributed by atoms with Gasteiger partial charge in [0, 0.05) is 12.5 Å². The molecule has 2 saturated heterocycles. The normalized spacial score (nSPS) is 35.5. The smallest absolute Gasteiger partial charge is 0.240 e. The van der Waals surface area contributed by atoms with Gasteiger partial charge in [0.15, 0.2) is 0 Å². The highest BCUT2D eigenvalue weighted by Gasteiger charge is 2.49. The Morgan fingerprint density at radius 3 is 2.53 bits per heavy atom. The van der Waals surface area contributed by atoms with E-state index in [0.29, 0.717) is 13.2 Å². The van der Waals surface area contributed by atoms with Gasteiger partial charge in [0.2, 0.25) is 5.91 Å². The summed E-state index contributed by atoms with van der Waals surface area (Å²) in [7, 11) is 1.64. The van der Waals surface area contributed by atoms with Crippen LogP contribution in [0.1, 0.15) is 25.8 Å². The van der Waals surface area contributed by atoms with Gasteiger partial charge >= 0.3 is 0 Å². The number of amides is 1. The molecule has 3 aliphatic heterocycles. The zero-order chi connectivity index (χ0) is 26.0. The van der Waals surface area contributed by atoms with Gasteiger partial charge in [-0.25, -0.2) is 0 Å². The van der Waals surface area contributed by atoms with Crippen molar-refractivity contribution < 1.29 is 34.3 Å². The van der Waals surface area contributed by atoms with Crippen molar-refractivity contribution in [2.45, 2.75) is 68.3 Å². The minimum atomic E-state index is -1.36. The maximum Gasteiger partial charge on any atom is 0.240 e. The van der Waals surface area contributed by atoms with Gasteiger partial charge in [0.05, 0.1) is 25.9 Å². The fraction of sp³-hybridized carbons (Fsp3) is 0.654. The number of thioether (sulfide) groups is 1. The highest BCUT2D eigenvalue weighted by molar-refractivity contribution is 7.99. The van der Waals surface area contributed by atoms with Gasteiger partial charge < -0.3 is 40.2 Å². The SMILES string of the molecule is COc1ccc(C2=CCO[C@@H]3[C@H](CN[C@@H]3C(=O)N[C@H](C(C)C)[C@H]3OC(SC)[C@H](O)C(O)C3O)C2)cc1. The molecule has 3 heterocycles. The average molecular weight is 523 g/mol. The molecule has 9 atom stereocenters. The zero-order valence-electron chi connectivity index (χ0n) is 21.2. The molecular weight excluding hydrogens is 484 g/mol. The van der Waals surface area contributed by atoms with E-state index in [9.17, 15) is 20.1 Å². The van der Waals surface area contributed by atoms with Gasteiger partial charge in [0.1, 0.15) is 41.6 Å². The second-order valence-corrected chi connectivity index (χ2v) is 11.0. The Hall–Kier alpha value is -1.66. The quantitative estimate of drug-likeness (QED) is 0.353. The molecular formula is C26H38N2O7S. The summed E-state index contributed by atoms with van der Waals surface area (Å²) < 4.78 is 17.4. The summed E-state index contributed by atoms with van der Waals surface area (Å²) in [4.78, 5) is 13.5. The van der Waals surface area contributed by atoms with E-state index in [2.05, 4.69) is 16.7 Å². The molecule has 36 heavy (non-hydrogen) atoms. The molecule has 5 N–H and O–H groups in total. The van der Waals surface area contributed by atoms with Gasteiger partial charge in [-0.3, -0.25) is 4.79 Å². The van der Waals surface area contributed by atoms with E-state index in [4.69, 9.17) is 14.2 Å². The summed E-state index contributed by atoms with van der Waals surface area (Å²) in [6.45, 7) is 4.89. The number of carbonyl (C=O) groups excluding carboxylic acids is 1. The fourth-order valence-electron chi connectivity index (χ4n) is 5.36. The minimum Gasteiger partial charge on any atom is -0.497 e. The summed E-state index contributed by atoms with van der Waals surface area (Å²) in [6.07, 6.45) is -0.434. The molecule has 3 unspecified atom stereocenters. The molecule has 1 aromatic carbocycles. The van der Waals surface area contributed by atoms with Crippen molar-refractivity contribution in [1.82, 2.24) is 10.6 Å². The van der Waals surface area contributed by atoms with Crippen molar-refractivity contribution in [1.29, 1.82) is 0 Å². The van der Waals surface area contributed by atoms with E-state index in [-0.39, 0.29) is 23.8 Å². The van der Waals surface area contributed by atoms with Crippen LogP contribution in [0.4, 0.5) is 0 Å². The standard InChI is InChI=1S/C26H38N2O7S/c1-13(2)18(24-21(30)20(29)22(31)26(35-24)36-4)28-25(32)19-23-16(12-27-19)11-15(9-10-34-23)14-5-7-17(33-3)8-6-14/h5-9,13,16,18-24,26-27,29-31H,10-12H2,1-4H3,(H,28,32)/t16-,18+,19-,20?,21?,22+,23+,24+,26?/m0/s1. The van der Waals surface area contributed by atoms with Gasteiger partial charge in [-0.2, -0.15) is 0 Å². The number of allylic oxidation sites excluding steroid dienone is 1. The van der Waals surface area contributed by atoms with Crippen LogP contribution < -0.4 is 15.4 Å². The van der Waals surface area contributed by atoms with Crippen LogP contribution in [-0.2, 0) is 14.3 Å². The second-order valence-electron chi connectivity index (χ2n) is 10.1. The van der Waals surface area contributed by atoms with E-state index < -0.39 is 41.9 Å². The van der Waals surface area contributed by atoms with Crippen LogP contribution in [0, 0.1) is 11.8 Å². The number of rotatable bonds is 7. The lowest BCUT2D eigenvalue weighted by Gasteiger charge is -2.44. The number of hydrogen-bond donors (Lipinski definition) is 5. The third-order valence-corrected chi connectivity index (χ3v) is 8.31. The molecule has 4 rings (SSSR count). The van der Waals surface area contributed by atoms with Crippen molar-refractivity contribution in [2.75, 3.05) is 26.5 Å². The topological polar surface area (TPSA) is 130 Å². The summed E-state index contributed by atoms with van der Waals surface area (Å²) in [5.74, 6) is 0.614. The minimum absolute atomic E-state index is 0.0888. The summed E-state index contributed by atoms with van der Waals surface area (Å²) in [5.41, 5.74) is 1.59. The zero-order valence-corrected chi connectivity index (χ0v) is 22.0. The molecule has 0 radical (unpaired) electrons. The summed E-state index contributed by atoms with van der Waals surface area (Å²) in [6, 6.07) is 6.83. The van der Waals surface area contributed by atoms with Gasteiger partial charge in [-0.1, -0.05) is 32.1 Å². The number of aliphatic hydroxyl groups excluding tert-OH is 3. The lowest BCUT2D eigenvalue weighted by atomic mass is 9.88. The molecule has 1 aromatic rings. The average Bonchev–Trinajstić information content (AvgIpc) is 3.16. The summed E-state index contributed by atoms with van der Waals surface area (Å²) in [5, 5.41) is 37.6. The molecule has 0 saturated carbocycles. The first-order valence-corrected chi connectivity index (χ1v) is 13.7. The molecule has 1 amide bonds. The number of benzene rings is 1. The number of nitrogens with one attached hydrogen (secondary N) is 2. The predicted octanol–water partition coefficient (Wildman–Crippen LogP) is 0.767. The molecule has 10 heteroatoms. The van der Waals surface area contributed by atoms with Crippen LogP contribution in [-0.4, -0.2) is 95.8 Å². The monoisotopic (exact) mass is 522 g/mol. The van der Waals surface area contributed by atoms with E-state index >= 15 is 0 Å². The Bertz CT molecular complexity index is 925. The molecule has 0 aliphatic carbocycles. The van der Waals surface area contributed by atoms with Crippen molar-refractivity contribution in [2.24, 2.45) is 11.8 Å². The maximum absolute atomic E-state index is 13.5. The number of ether oxygens (including phenoxy) is 3. The van der Waals surface area contributed by atoms with Crippen LogP contribution in [0.5, 0.6) is 5.75 Å². The van der Waals surface area contributed by atoms with Crippen LogP contribution in [0.25, 0.3) is 5.57 Å². The van der Waals surface area contributed by atoms with Gasteiger partial charge in [0.25, 0.3) is 0 Å². The largest absolute Gasteiger partial charge is 0.497 e. The van der Waals surface area contributed by atoms with E-state index in [1.165, 1.54) is 17.3 Å². The Kier molecular flexibility index (Phi) is 8.98. The first-order valence-electron chi connectivity index (χ1n) is 12.5. The van der Waals surface area contributed by atoms with E-state index in [1.54, 1.807) is 13.4 Å². The van der Waals surface area contributed by atoms with E-state index in [0.717, 1.165) is 17.7 Å².